The van der Waals surface area contributed by atoms with Crippen molar-refractivity contribution >= 4 is 5.97 Å². The molecule has 0 N–H and O–H groups in total. The second-order valence-corrected chi connectivity index (χ2v) is 5.27. The first-order valence-electron chi connectivity index (χ1n) is 6.82. The van der Waals surface area contributed by atoms with Gasteiger partial charge < -0.3 is 14.4 Å². The SMILES string of the molecule is COC(=O)C(C)CN1CCC(N2CCOCC2)C1. The Bertz CT molecular complexity index is 279. The Balaban J connectivity index is 1.75. The van der Waals surface area contributed by atoms with Crippen LogP contribution in [0.4, 0.5) is 0 Å². The van der Waals surface area contributed by atoms with E-state index in [1.807, 2.05) is 6.92 Å². The zero-order valence-corrected chi connectivity index (χ0v) is 11.4. The van der Waals surface area contributed by atoms with E-state index in [4.69, 9.17) is 9.47 Å². The first-order chi connectivity index (χ1) is 8.70. The molecule has 5 heteroatoms. The molecule has 5 nitrogen and oxygen atoms in total. The number of methoxy groups -OCH3 is 1. The van der Waals surface area contributed by atoms with Gasteiger partial charge >= 0.3 is 5.97 Å². The lowest BCUT2D eigenvalue weighted by atomic mass is 10.2. The number of hydrogen-bond donors (Lipinski definition) is 0. The van der Waals surface area contributed by atoms with Gasteiger partial charge in [-0.2, -0.15) is 0 Å². The highest BCUT2D eigenvalue weighted by Crippen LogP contribution is 2.18. The van der Waals surface area contributed by atoms with Gasteiger partial charge in [0.1, 0.15) is 0 Å². The molecule has 2 aliphatic heterocycles. The molecule has 0 radical (unpaired) electrons. The first kappa shape index (κ1) is 13.8. The lowest BCUT2D eigenvalue weighted by Crippen LogP contribution is -2.45. The van der Waals surface area contributed by atoms with Crippen LogP contribution in [0.25, 0.3) is 0 Å². The summed E-state index contributed by atoms with van der Waals surface area (Å²) in [5.74, 6) is -0.136. The number of carbonyl (C=O) groups is 1. The van der Waals surface area contributed by atoms with Crippen molar-refractivity contribution in [2.75, 3.05) is 53.0 Å². The summed E-state index contributed by atoms with van der Waals surface area (Å²) >= 11 is 0. The van der Waals surface area contributed by atoms with E-state index >= 15 is 0 Å². The molecule has 0 saturated carbocycles. The fraction of sp³-hybridized carbons (Fsp3) is 0.923. The number of morpholine rings is 1. The van der Waals surface area contributed by atoms with Gasteiger partial charge in [-0.25, -0.2) is 0 Å². The second kappa shape index (κ2) is 6.50. The van der Waals surface area contributed by atoms with Crippen molar-refractivity contribution in [2.24, 2.45) is 5.92 Å². The summed E-state index contributed by atoms with van der Waals surface area (Å²) in [4.78, 5) is 16.3. The number of ether oxygens (including phenoxy) is 2. The highest BCUT2D eigenvalue weighted by molar-refractivity contribution is 5.72. The Morgan fingerprint density at radius 2 is 2.11 bits per heavy atom. The van der Waals surface area contributed by atoms with Crippen LogP contribution < -0.4 is 0 Å². The number of nitrogens with zero attached hydrogens (tertiary/aromatic N) is 2. The maximum Gasteiger partial charge on any atom is 0.309 e. The van der Waals surface area contributed by atoms with Gasteiger partial charge in [0.25, 0.3) is 0 Å². The molecular weight excluding hydrogens is 232 g/mol. The van der Waals surface area contributed by atoms with E-state index in [2.05, 4.69) is 9.80 Å². The third-order valence-corrected chi connectivity index (χ3v) is 3.95. The third-order valence-electron chi connectivity index (χ3n) is 3.95. The Kier molecular flexibility index (Phi) is 4.97. The van der Waals surface area contributed by atoms with Gasteiger partial charge in [0, 0.05) is 32.2 Å². The zero-order valence-electron chi connectivity index (χ0n) is 11.4. The highest BCUT2D eigenvalue weighted by atomic mass is 16.5. The fourth-order valence-electron chi connectivity index (χ4n) is 2.88. The van der Waals surface area contributed by atoms with E-state index < -0.39 is 0 Å². The molecule has 0 amide bonds. The van der Waals surface area contributed by atoms with Gasteiger partial charge in [-0.05, 0) is 13.0 Å². The number of esters is 1. The monoisotopic (exact) mass is 256 g/mol. The van der Waals surface area contributed by atoms with Gasteiger partial charge in [0.15, 0.2) is 0 Å². The van der Waals surface area contributed by atoms with Crippen molar-refractivity contribution in [1.82, 2.24) is 9.80 Å². The molecule has 0 bridgehead atoms. The summed E-state index contributed by atoms with van der Waals surface area (Å²) in [5.41, 5.74) is 0. The van der Waals surface area contributed by atoms with E-state index in [1.165, 1.54) is 13.5 Å². The summed E-state index contributed by atoms with van der Waals surface area (Å²) in [5, 5.41) is 0. The van der Waals surface area contributed by atoms with E-state index in [1.54, 1.807) is 0 Å². The van der Waals surface area contributed by atoms with E-state index in [0.717, 1.165) is 45.9 Å². The minimum Gasteiger partial charge on any atom is -0.469 e. The fourth-order valence-corrected chi connectivity index (χ4v) is 2.88. The van der Waals surface area contributed by atoms with Crippen LogP contribution in [0.15, 0.2) is 0 Å². The minimum atomic E-state index is -0.107. The van der Waals surface area contributed by atoms with Gasteiger partial charge in [-0.3, -0.25) is 9.69 Å². The molecule has 104 valence electrons. The molecule has 2 aliphatic rings. The standard InChI is InChI=1S/C13H24N2O3/c1-11(13(16)17-2)9-14-4-3-12(10-14)15-5-7-18-8-6-15/h11-12H,3-10H2,1-2H3. The summed E-state index contributed by atoms with van der Waals surface area (Å²) in [6.45, 7) is 8.71. The van der Waals surface area contributed by atoms with E-state index in [0.29, 0.717) is 6.04 Å². The van der Waals surface area contributed by atoms with Gasteiger partial charge in [0.2, 0.25) is 0 Å². The molecule has 2 rings (SSSR count). The van der Waals surface area contributed by atoms with Crippen molar-refractivity contribution in [1.29, 1.82) is 0 Å². The van der Waals surface area contributed by atoms with Crippen LogP contribution in [0, 0.1) is 5.92 Å². The van der Waals surface area contributed by atoms with Crippen LogP contribution >= 0.6 is 0 Å². The topological polar surface area (TPSA) is 42.0 Å². The maximum absolute atomic E-state index is 11.4. The van der Waals surface area contributed by atoms with Crippen LogP contribution in [-0.2, 0) is 14.3 Å². The predicted octanol–water partition coefficient (Wildman–Crippen LogP) is 0.202. The van der Waals surface area contributed by atoms with Crippen LogP contribution in [0.2, 0.25) is 0 Å². The Labute approximate surface area is 109 Å². The summed E-state index contributed by atoms with van der Waals surface area (Å²) in [7, 11) is 1.46. The second-order valence-electron chi connectivity index (χ2n) is 5.27. The van der Waals surface area contributed by atoms with Crippen molar-refractivity contribution in [2.45, 2.75) is 19.4 Å². The molecule has 2 heterocycles. The zero-order chi connectivity index (χ0) is 13.0. The predicted molar refractivity (Wildman–Crippen MR) is 68.4 cm³/mol. The third kappa shape index (κ3) is 3.43. The maximum atomic E-state index is 11.4. The highest BCUT2D eigenvalue weighted by Gasteiger charge is 2.30. The molecule has 18 heavy (non-hydrogen) atoms. The minimum absolute atomic E-state index is 0.0292. The average Bonchev–Trinajstić information content (AvgIpc) is 2.87. The van der Waals surface area contributed by atoms with Crippen molar-refractivity contribution in [3.8, 4) is 0 Å². The lowest BCUT2D eigenvalue weighted by molar-refractivity contribution is -0.145. The normalized spacial score (nSPS) is 28.2. The molecule has 2 saturated heterocycles. The molecule has 0 aromatic carbocycles. The molecule has 0 aromatic heterocycles. The lowest BCUT2D eigenvalue weighted by Gasteiger charge is -2.32. The van der Waals surface area contributed by atoms with Crippen molar-refractivity contribution < 1.29 is 14.3 Å². The van der Waals surface area contributed by atoms with Crippen LogP contribution in [0.5, 0.6) is 0 Å². The van der Waals surface area contributed by atoms with Crippen LogP contribution in [0.1, 0.15) is 13.3 Å². The largest absolute Gasteiger partial charge is 0.469 e. The quantitative estimate of drug-likeness (QED) is 0.672. The Morgan fingerprint density at radius 3 is 2.78 bits per heavy atom. The number of rotatable bonds is 4. The molecule has 2 unspecified atom stereocenters. The summed E-state index contributed by atoms with van der Waals surface area (Å²) < 4.78 is 10.2. The van der Waals surface area contributed by atoms with Crippen LogP contribution in [0.3, 0.4) is 0 Å². The average molecular weight is 256 g/mol. The van der Waals surface area contributed by atoms with E-state index in [-0.39, 0.29) is 11.9 Å². The molecule has 2 fully saturated rings. The molecule has 0 aromatic rings. The van der Waals surface area contributed by atoms with Gasteiger partial charge in [-0.15, -0.1) is 0 Å². The number of carbonyl (C=O) groups excluding carboxylic acids is 1. The Morgan fingerprint density at radius 1 is 1.39 bits per heavy atom. The smallest absolute Gasteiger partial charge is 0.309 e. The molecule has 0 aliphatic carbocycles. The molecular formula is C13H24N2O3. The molecule has 0 spiro atoms. The number of likely N-dealkylation sites (tertiary alicyclic amines) is 1. The van der Waals surface area contributed by atoms with Crippen molar-refractivity contribution in [3.63, 3.8) is 0 Å². The Hall–Kier alpha value is -0.650. The summed E-state index contributed by atoms with van der Waals surface area (Å²) in [6.07, 6.45) is 1.20. The van der Waals surface area contributed by atoms with E-state index in [9.17, 15) is 4.79 Å². The molecule has 2 atom stereocenters. The van der Waals surface area contributed by atoms with Crippen molar-refractivity contribution in [3.05, 3.63) is 0 Å². The van der Waals surface area contributed by atoms with Crippen LogP contribution in [-0.4, -0.2) is 74.9 Å². The van der Waals surface area contributed by atoms with Gasteiger partial charge in [-0.1, -0.05) is 6.92 Å². The summed E-state index contributed by atoms with van der Waals surface area (Å²) in [6, 6.07) is 0.638. The first-order valence-corrected chi connectivity index (χ1v) is 6.82. The number of hydrogen-bond acceptors (Lipinski definition) is 5. The van der Waals surface area contributed by atoms with Gasteiger partial charge in [0.05, 0.1) is 26.2 Å².